The molecule has 0 aromatic carbocycles. The van der Waals surface area contributed by atoms with E-state index >= 15 is 0 Å². The van der Waals surface area contributed by atoms with E-state index in [1.807, 2.05) is 12.1 Å². The van der Waals surface area contributed by atoms with E-state index in [4.69, 9.17) is 4.52 Å². The van der Waals surface area contributed by atoms with Crippen molar-refractivity contribution < 1.29 is 4.52 Å². The maximum absolute atomic E-state index is 5.32. The first-order valence-electron chi connectivity index (χ1n) is 7.42. The summed E-state index contributed by atoms with van der Waals surface area (Å²) in [5, 5.41) is 7.17. The number of piperidine rings is 1. The first kappa shape index (κ1) is 14.2. The Bertz CT molecular complexity index is 524. The molecule has 1 N–H and O–H groups in total. The third-order valence-electron chi connectivity index (χ3n) is 4.08. The van der Waals surface area contributed by atoms with Crippen LogP contribution in [0.5, 0.6) is 0 Å². The van der Waals surface area contributed by atoms with Gasteiger partial charge in [0.15, 0.2) is 6.33 Å². The molecule has 0 amide bonds. The molecule has 21 heavy (non-hydrogen) atoms. The SMILES string of the molecule is CN(CC1CCNCC1)C(c1ccncc1)c1ncno1. The van der Waals surface area contributed by atoms with Crippen LogP contribution in [0, 0.1) is 5.92 Å². The Hall–Kier alpha value is -1.79. The summed E-state index contributed by atoms with van der Waals surface area (Å²) in [5.41, 5.74) is 1.13. The van der Waals surface area contributed by atoms with Gasteiger partial charge in [0.05, 0.1) is 0 Å². The molecule has 0 radical (unpaired) electrons. The van der Waals surface area contributed by atoms with Crippen LogP contribution in [0.3, 0.4) is 0 Å². The smallest absolute Gasteiger partial charge is 0.248 e. The van der Waals surface area contributed by atoms with E-state index in [-0.39, 0.29) is 6.04 Å². The van der Waals surface area contributed by atoms with E-state index in [1.54, 1.807) is 12.4 Å². The molecule has 2 aromatic rings. The lowest BCUT2D eigenvalue weighted by atomic mass is 9.96. The second-order valence-corrected chi connectivity index (χ2v) is 5.60. The van der Waals surface area contributed by atoms with Crippen molar-refractivity contribution in [3.05, 3.63) is 42.3 Å². The minimum atomic E-state index is -0.00890. The van der Waals surface area contributed by atoms with Crippen molar-refractivity contribution in [2.75, 3.05) is 26.7 Å². The lowest BCUT2D eigenvalue weighted by Gasteiger charge is -2.31. The van der Waals surface area contributed by atoms with Crippen molar-refractivity contribution in [1.82, 2.24) is 25.3 Å². The highest BCUT2D eigenvalue weighted by Gasteiger charge is 2.26. The van der Waals surface area contributed by atoms with Gasteiger partial charge in [0.25, 0.3) is 0 Å². The fraction of sp³-hybridized carbons (Fsp3) is 0.533. The summed E-state index contributed by atoms with van der Waals surface area (Å²) in [6, 6.07) is 4.01. The van der Waals surface area contributed by atoms with Crippen molar-refractivity contribution in [2.45, 2.75) is 18.9 Å². The Morgan fingerprint density at radius 1 is 1.33 bits per heavy atom. The molecule has 3 heterocycles. The maximum atomic E-state index is 5.32. The molecule has 1 saturated heterocycles. The van der Waals surface area contributed by atoms with Crippen LogP contribution >= 0.6 is 0 Å². The summed E-state index contributed by atoms with van der Waals surface area (Å²) in [5.74, 6) is 1.35. The van der Waals surface area contributed by atoms with Crippen LogP contribution in [0.1, 0.15) is 30.3 Å². The number of hydrogen-bond donors (Lipinski definition) is 1. The van der Waals surface area contributed by atoms with Crippen LogP contribution in [0.25, 0.3) is 0 Å². The predicted octanol–water partition coefficient (Wildman–Crippen LogP) is 1.49. The van der Waals surface area contributed by atoms with Gasteiger partial charge in [-0.15, -0.1) is 0 Å². The highest BCUT2D eigenvalue weighted by atomic mass is 16.5. The second kappa shape index (κ2) is 6.78. The summed E-state index contributed by atoms with van der Waals surface area (Å²) in [7, 11) is 2.12. The number of hydrogen-bond acceptors (Lipinski definition) is 6. The van der Waals surface area contributed by atoms with Crippen LogP contribution in [-0.4, -0.2) is 46.7 Å². The van der Waals surface area contributed by atoms with Crippen LogP contribution in [-0.2, 0) is 0 Å². The van der Waals surface area contributed by atoms with Crippen molar-refractivity contribution in [3.63, 3.8) is 0 Å². The first-order valence-corrected chi connectivity index (χ1v) is 7.42. The molecule has 1 aliphatic heterocycles. The second-order valence-electron chi connectivity index (χ2n) is 5.60. The largest absolute Gasteiger partial charge is 0.338 e. The fourth-order valence-corrected chi connectivity index (χ4v) is 3.01. The molecule has 1 aliphatic rings. The van der Waals surface area contributed by atoms with Gasteiger partial charge in [-0.05, 0) is 56.6 Å². The van der Waals surface area contributed by atoms with Gasteiger partial charge in [-0.1, -0.05) is 5.16 Å². The van der Waals surface area contributed by atoms with Crippen LogP contribution in [0.2, 0.25) is 0 Å². The summed E-state index contributed by atoms with van der Waals surface area (Å²) < 4.78 is 5.32. The van der Waals surface area contributed by atoms with E-state index in [0.29, 0.717) is 11.8 Å². The third-order valence-corrected chi connectivity index (χ3v) is 4.08. The zero-order valence-corrected chi connectivity index (χ0v) is 12.3. The van der Waals surface area contributed by atoms with Crippen molar-refractivity contribution >= 4 is 0 Å². The molecule has 3 rings (SSSR count). The minimum absolute atomic E-state index is 0.00890. The van der Waals surface area contributed by atoms with Crippen LogP contribution in [0.4, 0.5) is 0 Å². The Morgan fingerprint density at radius 2 is 2.10 bits per heavy atom. The van der Waals surface area contributed by atoms with E-state index in [2.05, 4.69) is 32.4 Å². The molecule has 0 saturated carbocycles. The zero-order chi connectivity index (χ0) is 14.5. The summed E-state index contributed by atoms with van der Waals surface area (Å²) in [4.78, 5) is 10.7. The normalized spacial score (nSPS) is 18.0. The molecule has 0 spiro atoms. The summed E-state index contributed by atoms with van der Waals surface area (Å²) in [6.45, 7) is 3.25. The van der Waals surface area contributed by atoms with E-state index in [0.717, 1.165) is 25.2 Å². The monoisotopic (exact) mass is 287 g/mol. The molecule has 2 aromatic heterocycles. The Balaban J connectivity index is 1.78. The Kier molecular flexibility index (Phi) is 4.57. The van der Waals surface area contributed by atoms with Gasteiger partial charge in [0.2, 0.25) is 5.89 Å². The lowest BCUT2D eigenvalue weighted by molar-refractivity contribution is 0.179. The van der Waals surface area contributed by atoms with Gasteiger partial charge >= 0.3 is 0 Å². The Morgan fingerprint density at radius 3 is 2.76 bits per heavy atom. The first-order chi connectivity index (χ1) is 10.3. The van der Waals surface area contributed by atoms with Gasteiger partial charge in [-0.3, -0.25) is 9.88 Å². The number of aromatic nitrogens is 3. The number of pyridine rings is 1. The van der Waals surface area contributed by atoms with Gasteiger partial charge in [0.1, 0.15) is 6.04 Å². The Labute approximate surface area is 124 Å². The zero-order valence-electron chi connectivity index (χ0n) is 12.3. The topological polar surface area (TPSA) is 67.1 Å². The average Bonchev–Trinajstić information content (AvgIpc) is 3.03. The molecule has 112 valence electrons. The predicted molar refractivity (Wildman–Crippen MR) is 78.6 cm³/mol. The number of nitrogens with zero attached hydrogens (tertiary/aromatic N) is 4. The number of rotatable bonds is 5. The van der Waals surface area contributed by atoms with E-state index in [9.17, 15) is 0 Å². The molecule has 1 unspecified atom stereocenters. The maximum Gasteiger partial charge on any atom is 0.248 e. The van der Waals surface area contributed by atoms with Gasteiger partial charge in [-0.25, -0.2) is 0 Å². The van der Waals surface area contributed by atoms with E-state index in [1.165, 1.54) is 19.2 Å². The molecule has 0 bridgehead atoms. The molecule has 0 aliphatic carbocycles. The summed E-state index contributed by atoms with van der Waals surface area (Å²) >= 11 is 0. The highest BCUT2D eigenvalue weighted by molar-refractivity contribution is 5.20. The molecule has 1 fully saturated rings. The minimum Gasteiger partial charge on any atom is -0.338 e. The average molecular weight is 287 g/mol. The molecule has 6 heteroatoms. The van der Waals surface area contributed by atoms with Crippen molar-refractivity contribution in [1.29, 1.82) is 0 Å². The number of nitrogens with one attached hydrogen (secondary N) is 1. The summed E-state index contributed by atoms with van der Waals surface area (Å²) in [6.07, 6.45) is 7.50. The standard InChI is InChI=1S/C15H21N5O/c1-20(10-12-2-6-16-7-3-12)14(15-18-11-19-21-15)13-4-8-17-9-5-13/h4-5,8-9,11-12,14,16H,2-3,6-7,10H2,1H3. The highest BCUT2D eigenvalue weighted by Crippen LogP contribution is 2.27. The fourth-order valence-electron chi connectivity index (χ4n) is 3.01. The lowest BCUT2D eigenvalue weighted by Crippen LogP contribution is -2.36. The third kappa shape index (κ3) is 3.46. The van der Waals surface area contributed by atoms with Crippen LogP contribution in [0.15, 0.2) is 35.4 Å². The van der Waals surface area contributed by atoms with Crippen molar-refractivity contribution in [2.24, 2.45) is 5.92 Å². The van der Waals surface area contributed by atoms with Crippen LogP contribution < -0.4 is 5.32 Å². The quantitative estimate of drug-likeness (QED) is 0.898. The molecule has 6 nitrogen and oxygen atoms in total. The van der Waals surface area contributed by atoms with E-state index < -0.39 is 0 Å². The van der Waals surface area contributed by atoms with Crippen molar-refractivity contribution in [3.8, 4) is 0 Å². The molecular weight excluding hydrogens is 266 g/mol. The van der Waals surface area contributed by atoms with Gasteiger partial charge in [0, 0.05) is 18.9 Å². The molecule has 1 atom stereocenters. The van der Waals surface area contributed by atoms with Gasteiger partial charge < -0.3 is 9.84 Å². The van der Waals surface area contributed by atoms with Gasteiger partial charge in [-0.2, -0.15) is 4.98 Å². The molecular formula is C15H21N5O.